The minimum absolute atomic E-state index is 0. The van der Waals surface area contributed by atoms with Gasteiger partial charge in [0, 0.05) is 31.0 Å². The first kappa shape index (κ1) is 23.7. The first-order valence-corrected chi connectivity index (χ1v) is 8.49. The number of carbonyl (C=O) groups is 1. The Hall–Kier alpha value is -1.32. The molecule has 0 saturated carbocycles. The minimum atomic E-state index is -0.0680. The van der Waals surface area contributed by atoms with Gasteiger partial charge >= 0.3 is 0 Å². The van der Waals surface area contributed by atoms with Gasteiger partial charge in [0.1, 0.15) is 12.3 Å². The molecule has 0 unspecified atom stereocenters. The summed E-state index contributed by atoms with van der Waals surface area (Å²) in [6.45, 7) is 13.7. The number of aromatic nitrogens is 1. The summed E-state index contributed by atoms with van der Waals surface area (Å²) >= 11 is 0. The number of oxazole rings is 1. The highest BCUT2D eigenvalue weighted by Crippen LogP contribution is 2.22. The predicted molar refractivity (Wildman–Crippen MR) is 111 cm³/mol. The van der Waals surface area contributed by atoms with Gasteiger partial charge in [-0.15, -0.1) is 24.0 Å². The van der Waals surface area contributed by atoms with Crippen molar-refractivity contribution < 1.29 is 9.21 Å². The highest BCUT2D eigenvalue weighted by atomic mass is 127. The quantitative estimate of drug-likeness (QED) is 0.327. The number of hydrogen-bond donors (Lipinski definition) is 3. The third kappa shape index (κ3) is 9.66. The van der Waals surface area contributed by atoms with Crippen LogP contribution in [-0.2, 0) is 16.8 Å². The average Bonchev–Trinajstić information content (AvgIpc) is 2.92. The van der Waals surface area contributed by atoms with Gasteiger partial charge in [0.2, 0.25) is 11.8 Å². The summed E-state index contributed by atoms with van der Waals surface area (Å²) < 4.78 is 5.73. The van der Waals surface area contributed by atoms with Crippen molar-refractivity contribution in [1.29, 1.82) is 0 Å². The van der Waals surface area contributed by atoms with Crippen molar-refractivity contribution in [2.24, 2.45) is 4.99 Å². The van der Waals surface area contributed by atoms with Crippen LogP contribution < -0.4 is 16.0 Å². The third-order valence-corrected chi connectivity index (χ3v) is 3.10. The van der Waals surface area contributed by atoms with Crippen LogP contribution in [0.3, 0.4) is 0 Å². The van der Waals surface area contributed by atoms with Crippen molar-refractivity contribution in [2.75, 3.05) is 13.1 Å². The molecule has 1 amide bonds. The molecule has 3 N–H and O–H groups in total. The smallest absolute Gasteiger partial charge is 0.221 e. The molecular weight excluding hydrogens is 433 g/mol. The number of hydrogen-bond acceptors (Lipinski definition) is 4. The van der Waals surface area contributed by atoms with Crippen LogP contribution in [0.2, 0.25) is 0 Å². The van der Waals surface area contributed by atoms with E-state index >= 15 is 0 Å². The van der Waals surface area contributed by atoms with E-state index in [0.717, 1.165) is 12.3 Å². The molecule has 7 nitrogen and oxygen atoms in total. The molecule has 0 saturated heterocycles. The first-order valence-electron chi connectivity index (χ1n) is 8.49. The van der Waals surface area contributed by atoms with Crippen LogP contribution in [0.15, 0.2) is 15.6 Å². The molecule has 0 bridgehead atoms. The van der Waals surface area contributed by atoms with Crippen LogP contribution in [0, 0.1) is 0 Å². The van der Waals surface area contributed by atoms with Crippen molar-refractivity contribution in [3.8, 4) is 0 Å². The Bertz CT molecular complexity index is 549. The van der Waals surface area contributed by atoms with E-state index in [1.807, 2.05) is 20.8 Å². The number of rotatable bonds is 7. The molecule has 1 rings (SSSR count). The van der Waals surface area contributed by atoms with E-state index in [-0.39, 0.29) is 41.3 Å². The molecular formula is C17H32IN5O2. The van der Waals surface area contributed by atoms with Gasteiger partial charge in [-0.1, -0.05) is 20.8 Å². The zero-order chi connectivity index (χ0) is 18.2. The summed E-state index contributed by atoms with van der Waals surface area (Å²) in [6.07, 6.45) is 2.15. The summed E-state index contributed by atoms with van der Waals surface area (Å²) in [6, 6.07) is 0.154. The summed E-state index contributed by atoms with van der Waals surface area (Å²) in [4.78, 5) is 20.3. The lowest BCUT2D eigenvalue weighted by Crippen LogP contribution is -2.40. The highest BCUT2D eigenvalue weighted by Gasteiger charge is 2.19. The number of carbonyl (C=O) groups excluding carboxylic acids is 1. The van der Waals surface area contributed by atoms with Crippen molar-refractivity contribution in [3.05, 3.63) is 17.8 Å². The number of nitrogens with zero attached hydrogens (tertiary/aromatic N) is 2. The maximum Gasteiger partial charge on any atom is 0.221 e. The Morgan fingerprint density at radius 2 is 2.00 bits per heavy atom. The summed E-state index contributed by atoms with van der Waals surface area (Å²) in [5, 5.41) is 9.14. The van der Waals surface area contributed by atoms with Gasteiger partial charge in [-0.25, -0.2) is 9.98 Å². The fraction of sp³-hybridized carbons (Fsp3) is 0.706. The van der Waals surface area contributed by atoms with E-state index in [9.17, 15) is 4.79 Å². The maximum absolute atomic E-state index is 11.6. The number of aliphatic imine (C=N–C) groups is 1. The van der Waals surface area contributed by atoms with E-state index < -0.39 is 0 Å². The Labute approximate surface area is 167 Å². The molecule has 1 heterocycles. The Balaban J connectivity index is 0.00000576. The Morgan fingerprint density at radius 1 is 1.32 bits per heavy atom. The maximum atomic E-state index is 11.6. The molecule has 0 aliphatic carbocycles. The second-order valence-electron chi connectivity index (χ2n) is 6.96. The summed E-state index contributed by atoms with van der Waals surface area (Å²) in [5.74, 6) is 2.09. The van der Waals surface area contributed by atoms with Crippen LogP contribution in [0.4, 0.5) is 0 Å². The molecule has 1 aromatic rings. The molecule has 0 atom stereocenters. The van der Waals surface area contributed by atoms with Gasteiger partial charge in [0.25, 0.3) is 0 Å². The lowest BCUT2D eigenvalue weighted by atomic mass is 9.94. The molecule has 25 heavy (non-hydrogen) atoms. The summed E-state index contributed by atoms with van der Waals surface area (Å²) in [7, 11) is 0. The number of halogens is 1. The van der Waals surface area contributed by atoms with Crippen LogP contribution in [0.1, 0.15) is 59.6 Å². The van der Waals surface area contributed by atoms with E-state index in [4.69, 9.17) is 4.42 Å². The fourth-order valence-corrected chi connectivity index (χ4v) is 1.91. The van der Waals surface area contributed by atoms with E-state index in [0.29, 0.717) is 31.4 Å². The molecule has 0 spiro atoms. The van der Waals surface area contributed by atoms with E-state index in [1.165, 1.54) is 0 Å². The second kappa shape index (κ2) is 11.3. The van der Waals surface area contributed by atoms with Crippen molar-refractivity contribution in [3.63, 3.8) is 0 Å². The van der Waals surface area contributed by atoms with Crippen LogP contribution in [0.25, 0.3) is 0 Å². The third-order valence-electron chi connectivity index (χ3n) is 3.10. The lowest BCUT2D eigenvalue weighted by molar-refractivity contribution is -0.121. The number of guanidine groups is 1. The standard InChI is InChI=1S/C17H31N5O2.HI/c1-7-18-16(19-9-8-14(23)22-12(2)3)21-11-15-20-10-13(24-15)17(4,5)6;/h10,12H,7-9,11H2,1-6H3,(H,22,23)(H2,18,19,21);1H. The minimum Gasteiger partial charge on any atom is -0.443 e. The zero-order valence-electron chi connectivity index (χ0n) is 16.1. The molecule has 0 aliphatic heterocycles. The average molecular weight is 465 g/mol. The molecule has 144 valence electrons. The van der Waals surface area contributed by atoms with Crippen LogP contribution in [-0.4, -0.2) is 36.0 Å². The Kier molecular flexibility index (Phi) is 10.7. The number of nitrogens with one attached hydrogen (secondary N) is 3. The van der Waals surface area contributed by atoms with E-state index in [2.05, 4.69) is 46.7 Å². The van der Waals surface area contributed by atoms with Crippen LogP contribution in [0.5, 0.6) is 0 Å². The predicted octanol–water partition coefficient (Wildman–Crippen LogP) is 2.56. The second-order valence-corrected chi connectivity index (χ2v) is 6.96. The topological polar surface area (TPSA) is 91.6 Å². The van der Waals surface area contributed by atoms with Crippen molar-refractivity contribution in [2.45, 2.75) is 66.0 Å². The SMILES string of the molecule is CCNC(=NCc1ncc(C(C)(C)C)o1)NCCC(=O)NC(C)C.I. The zero-order valence-corrected chi connectivity index (χ0v) is 18.4. The number of amides is 1. The van der Waals surface area contributed by atoms with Crippen molar-refractivity contribution >= 4 is 35.8 Å². The molecule has 8 heteroatoms. The molecule has 0 aliphatic rings. The monoisotopic (exact) mass is 465 g/mol. The first-order chi connectivity index (χ1) is 11.2. The highest BCUT2D eigenvalue weighted by molar-refractivity contribution is 14.0. The van der Waals surface area contributed by atoms with Gasteiger partial charge in [0.05, 0.1) is 6.20 Å². The largest absolute Gasteiger partial charge is 0.443 e. The molecule has 0 fully saturated rings. The molecule has 0 aromatic carbocycles. The molecule has 0 radical (unpaired) electrons. The van der Waals surface area contributed by atoms with Crippen molar-refractivity contribution in [1.82, 2.24) is 20.9 Å². The van der Waals surface area contributed by atoms with Gasteiger partial charge in [-0.2, -0.15) is 0 Å². The fourth-order valence-electron chi connectivity index (χ4n) is 1.91. The normalized spacial score (nSPS) is 11.9. The summed E-state index contributed by atoms with van der Waals surface area (Å²) in [5.41, 5.74) is -0.0680. The lowest BCUT2D eigenvalue weighted by Gasteiger charge is -2.13. The van der Waals surface area contributed by atoms with Gasteiger partial charge in [0.15, 0.2) is 5.96 Å². The Morgan fingerprint density at radius 3 is 2.52 bits per heavy atom. The van der Waals surface area contributed by atoms with Crippen LogP contribution >= 0.6 is 24.0 Å². The molecule has 1 aromatic heterocycles. The van der Waals surface area contributed by atoms with Gasteiger partial charge in [-0.3, -0.25) is 4.79 Å². The van der Waals surface area contributed by atoms with Gasteiger partial charge in [-0.05, 0) is 20.8 Å². The van der Waals surface area contributed by atoms with E-state index in [1.54, 1.807) is 6.20 Å². The van der Waals surface area contributed by atoms with Gasteiger partial charge < -0.3 is 20.4 Å².